The van der Waals surface area contributed by atoms with E-state index in [0.29, 0.717) is 6.10 Å². The molecule has 3 rings (SSSR count). The van der Waals surface area contributed by atoms with Gasteiger partial charge < -0.3 is 19.9 Å². The van der Waals surface area contributed by atoms with Gasteiger partial charge in [0, 0.05) is 45.0 Å². The van der Waals surface area contributed by atoms with Gasteiger partial charge in [-0.3, -0.25) is 0 Å². The largest absolute Gasteiger partial charge is 0.378 e. The minimum absolute atomic E-state index is 0.0848. The van der Waals surface area contributed by atoms with Crippen LogP contribution in [0.25, 0.3) is 0 Å². The number of carbonyl (C=O) groups is 1. The van der Waals surface area contributed by atoms with E-state index >= 15 is 0 Å². The number of para-hydroxylation sites is 1. The van der Waals surface area contributed by atoms with Crippen LogP contribution in [0.4, 0.5) is 10.5 Å². The summed E-state index contributed by atoms with van der Waals surface area (Å²) >= 11 is 0. The van der Waals surface area contributed by atoms with Crippen molar-refractivity contribution in [1.29, 1.82) is 0 Å². The number of benzene rings is 1. The molecule has 2 aliphatic heterocycles. The number of urea groups is 1. The van der Waals surface area contributed by atoms with Crippen molar-refractivity contribution in [3.63, 3.8) is 0 Å². The van der Waals surface area contributed by atoms with Gasteiger partial charge in [0.15, 0.2) is 0 Å². The Kier molecular flexibility index (Phi) is 6.56. The van der Waals surface area contributed by atoms with Gasteiger partial charge in [0.1, 0.15) is 0 Å². The highest BCUT2D eigenvalue weighted by Gasteiger charge is 2.21. The number of hydrogen-bond donors (Lipinski definition) is 1. The Balaban J connectivity index is 1.32. The number of piperazine rings is 1. The zero-order valence-electron chi connectivity index (χ0n) is 15.4. The Bertz CT molecular complexity index is 550. The van der Waals surface area contributed by atoms with E-state index in [-0.39, 0.29) is 6.03 Å². The van der Waals surface area contributed by atoms with Gasteiger partial charge in [0.25, 0.3) is 0 Å². The number of rotatable bonds is 6. The summed E-state index contributed by atoms with van der Waals surface area (Å²) in [7, 11) is 0. The number of nitrogens with one attached hydrogen (secondary N) is 1. The number of aryl methyl sites for hydroxylation is 1. The molecule has 5 nitrogen and oxygen atoms in total. The second kappa shape index (κ2) is 9.09. The maximum Gasteiger partial charge on any atom is 0.317 e. The number of hydrogen-bond acceptors (Lipinski definition) is 3. The van der Waals surface area contributed by atoms with Crippen molar-refractivity contribution in [3.05, 3.63) is 29.8 Å². The Hall–Kier alpha value is -1.75. The molecular formula is C20H31N3O2. The topological polar surface area (TPSA) is 44.8 Å². The van der Waals surface area contributed by atoms with Crippen LogP contribution in [0.1, 0.15) is 37.7 Å². The molecule has 1 N–H and O–H groups in total. The zero-order valence-corrected chi connectivity index (χ0v) is 15.4. The molecule has 0 aliphatic carbocycles. The van der Waals surface area contributed by atoms with E-state index in [1.54, 1.807) is 0 Å². The molecule has 2 amide bonds. The fourth-order valence-corrected chi connectivity index (χ4v) is 3.74. The van der Waals surface area contributed by atoms with Crippen LogP contribution in [-0.2, 0) is 4.74 Å². The van der Waals surface area contributed by atoms with Crippen LogP contribution in [0.15, 0.2) is 24.3 Å². The first-order chi connectivity index (χ1) is 12.2. The molecule has 25 heavy (non-hydrogen) atoms. The quantitative estimate of drug-likeness (QED) is 0.806. The summed E-state index contributed by atoms with van der Waals surface area (Å²) in [5.74, 6) is 0. The van der Waals surface area contributed by atoms with Crippen molar-refractivity contribution in [1.82, 2.24) is 10.2 Å². The lowest BCUT2D eigenvalue weighted by Crippen LogP contribution is -2.52. The highest BCUT2D eigenvalue weighted by Crippen LogP contribution is 2.21. The Morgan fingerprint density at radius 1 is 1.20 bits per heavy atom. The summed E-state index contributed by atoms with van der Waals surface area (Å²) < 4.78 is 5.63. The molecule has 2 fully saturated rings. The lowest BCUT2D eigenvalue weighted by Gasteiger charge is -2.36. The molecule has 0 saturated carbocycles. The monoisotopic (exact) mass is 345 g/mol. The summed E-state index contributed by atoms with van der Waals surface area (Å²) in [6, 6.07) is 8.55. The predicted octanol–water partition coefficient (Wildman–Crippen LogP) is 3.18. The smallest absolute Gasteiger partial charge is 0.317 e. The van der Waals surface area contributed by atoms with E-state index in [2.05, 4.69) is 41.4 Å². The summed E-state index contributed by atoms with van der Waals surface area (Å²) in [5.41, 5.74) is 2.59. The van der Waals surface area contributed by atoms with Gasteiger partial charge in [0.05, 0.1) is 6.10 Å². The first kappa shape index (κ1) is 18.1. The Labute approximate surface area is 151 Å². The normalized spacial score (nSPS) is 20.8. The molecule has 0 aromatic heterocycles. The summed E-state index contributed by atoms with van der Waals surface area (Å²) in [6.07, 6.45) is 6.17. The van der Waals surface area contributed by atoms with Gasteiger partial charge in [-0.25, -0.2) is 4.79 Å². The third-order valence-electron chi connectivity index (χ3n) is 5.28. The highest BCUT2D eigenvalue weighted by atomic mass is 16.5. The minimum atomic E-state index is 0.0848. The molecule has 138 valence electrons. The van der Waals surface area contributed by atoms with E-state index in [0.717, 1.165) is 58.6 Å². The molecule has 1 aromatic carbocycles. The third kappa shape index (κ3) is 5.11. The van der Waals surface area contributed by atoms with Crippen LogP contribution in [0.2, 0.25) is 0 Å². The van der Waals surface area contributed by atoms with Crippen LogP contribution in [-0.4, -0.2) is 56.4 Å². The van der Waals surface area contributed by atoms with Gasteiger partial charge in [-0.05, 0) is 50.7 Å². The van der Waals surface area contributed by atoms with Gasteiger partial charge in [-0.2, -0.15) is 0 Å². The van der Waals surface area contributed by atoms with E-state index in [9.17, 15) is 4.79 Å². The SMILES string of the molecule is Cc1ccccc1N1CCN(C(=O)NCCCC[C@H]2CCCO2)CC1. The zero-order chi connectivity index (χ0) is 17.5. The van der Waals surface area contributed by atoms with Crippen LogP contribution in [0, 0.1) is 6.92 Å². The van der Waals surface area contributed by atoms with Gasteiger partial charge in [0.2, 0.25) is 0 Å². The number of unbranched alkanes of at least 4 members (excludes halogenated alkanes) is 1. The molecule has 1 atom stereocenters. The van der Waals surface area contributed by atoms with Gasteiger partial charge in [-0.15, -0.1) is 0 Å². The van der Waals surface area contributed by atoms with E-state index in [1.165, 1.54) is 24.1 Å². The third-order valence-corrected chi connectivity index (χ3v) is 5.28. The maximum absolute atomic E-state index is 12.3. The molecule has 0 spiro atoms. The van der Waals surface area contributed by atoms with Crippen molar-refractivity contribution >= 4 is 11.7 Å². The molecule has 0 unspecified atom stereocenters. The van der Waals surface area contributed by atoms with Crippen LogP contribution >= 0.6 is 0 Å². The first-order valence-electron chi connectivity index (χ1n) is 9.69. The van der Waals surface area contributed by atoms with Crippen molar-refractivity contribution in [2.45, 2.75) is 45.1 Å². The summed E-state index contributed by atoms with van der Waals surface area (Å²) in [6.45, 7) is 7.21. The summed E-state index contributed by atoms with van der Waals surface area (Å²) in [4.78, 5) is 16.6. The molecular weight excluding hydrogens is 314 g/mol. The molecule has 1 aromatic rings. The number of amides is 2. The van der Waals surface area contributed by atoms with Crippen molar-refractivity contribution < 1.29 is 9.53 Å². The molecule has 0 radical (unpaired) electrons. The molecule has 2 heterocycles. The van der Waals surface area contributed by atoms with Gasteiger partial charge in [-0.1, -0.05) is 18.2 Å². The van der Waals surface area contributed by atoms with Crippen LogP contribution in [0.3, 0.4) is 0 Å². The van der Waals surface area contributed by atoms with Crippen molar-refractivity contribution in [2.24, 2.45) is 0 Å². The highest BCUT2D eigenvalue weighted by molar-refractivity contribution is 5.74. The fourth-order valence-electron chi connectivity index (χ4n) is 3.74. The predicted molar refractivity (Wildman–Crippen MR) is 101 cm³/mol. The van der Waals surface area contributed by atoms with E-state index < -0.39 is 0 Å². The van der Waals surface area contributed by atoms with Crippen molar-refractivity contribution in [3.8, 4) is 0 Å². The number of carbonyl (C=O) groups excluding carboxylic acids is 1. The van der Waals surface area contributed by atoms with Gasteiger partial charge >= 0.3 is 6.03 Å². The van der Waals surface area contributed by atoms with Crippen molar-refractivity contribution in [2.75, 3.05) is 44.2 Å². The van der Waals surface area contributed by atoms with Crippen LogP contribution in [0.5, 0.6) is 0 Å². The Morgan fingerprint density at radius 3 is 2.72 bits per heavy atom. The summed E-state index contributed by atoms with van der Waals surface area (Å²) in [5, 5.41) is 3.07. The van der Waals surface area contributed by atoms with E-state index in [1.807, 2.05) is 4.90 Å². The fraction of sp³-hybridized carbons (Fsp3) is 0.650. The minimum Gasteiger partial charge on any atom is -0.378 e. The Morgan fingerprint density at radius 2 is 2.00 bits per heavy atom. The number of ether oxygens (including phenoxy) is 1. The lowest BCUT2D eigenvalue weighted by molar-refractivity contribution is 0.102. The molecule has 0 bridgehead atoms. The average Bonchev–Trinajstić information content (AvgIpc) is 3.15. The van der Waals surface area contributed by atoms with E-state index in [4.69, 9.17) is 4.74 Å². The first-order valence-corrected chi connectivity index (χ1v) is 9.69. The standard InChI is InChI=1S/C20H31N3O2/c1-17-7-2-3-10-19(17)22-12-14-23(15-13-22)20(24)21-11-5-4-8-18-9-6-16-25-18/h2-3,7,10,18H,4-6,8-9,11-16H2,1H3,(H,21,24)/t18-/m0/s1. The van der Waals surface area contributed by atoms with Crippen LogP contribution < -0.4 is 10.2 Å². The molecule has 2 aliphatic rings. The molecule has 2 saturated heterocycles. The lowest BCUT2D eigenvalue weighted by atomic mass is 10.1. The second-order valence-electron chi connectivity index (χ2n) is 7.12. The second-order valence-corrected chi connectivity index (χ2v) is 7.12. The molecule has 5 heteroatoms. The number of anilines is 1. The average molecular weight is 345 g/mol. The number of nitrogens with zero attached hydrogens (tertiary/aromatic N) is 2. The maximum atomic E-state index is 12.3.